The largest absolute Gasteiger partial charge is 0.341 e. The van der Waals surface area contributed by atoms with E-state index in [-0.39, 0.29) is 24.2 Å². The molecule has 1 saturated carbocycles. The summed E-state index contributed by atoms with van der Waals surface area (Å²) in [6, 6.07) is 0.274. The molecule has 1 aliphatic rings. The molecule has 1 aromatic heterocycles. The second kappa shape index (κ2) is 6.46. The van der Waals surface area contributed by atoms with Crippen molar-refractivity contribution in [3.63, 3.8) is 0 Å². The number of aryl methyl sites for hydroxylation is 1. The summed E-state index contributed by atoms with van der Waals surface area (Å²) in [5.41, 5.74) is 0.785. The minimum atomic E-state index is -0.440. The third kappa shape index (κ3) is 3.28. The van der Waals surface area contributed by atoms with Crippen LogP contribution in [0, 0.1) is 29.9 Å². The van der Waals surface area contributed by atoms with Crippen LogP contribution in [0.2, 0.25) is 0 Å². The zero-order chi connectivity index (χ0) is 16.4. The Bertz CT molecular complexity index is 574. The number of carbonyl (C=O) groups excluding carboxylic acids is 1. The lowest BCUT2D eigenvalue weighted by Gasteiger charge is -2.33. The Morgan fingerprint density at radius 2 is 1.95 bits per heavy atom. The van der Waals surface area contributed by atoms with Crippen LogP contribution >= 0.6 is 0 Å². The monoisotopic (exact) mass is 308 g/mol. The normalized spacial score (nSPS) is 21.6. The lowest BCUT2D eigenvalue weighted by Crippen LogP contribution is -2.41. The number of hydrogen-bond acceptors (Lipinski definition) is 4. The first-order valence-electron chi connectivity index (χ1n) is 7.75. The highest BCUT2D eigenvalue weighted by Gasteiger charge is 2.27. The predicted molar refractivity (Wildman–Crippen MR) is 82.5 cm³/mol. The number of hydrogen-bond donors (Lipinski definition) is 0. The SMILES string of the molecule is Cc1nn(CC(=O)N(C)C2CCC(C)CC2)c(C)c1[N+](=O)[O-]. The summed E-state index contributed by atoms with van der Waals surface area (Å²) in [5.74, 6) is 0.693. The molecule has 0 N–H and O–H groups in total. The van der Waals surface area contributed by atoms with Gasteiger partial charge in [0.1, 0.15) is 17.9 Å². The fourth-order valence-corrected chi connectivity index (χ4v) is 3.18. The Balaban J connectivity index is 2.06. The van der Waals surface area contributed by atoms with Crippen molar-refractivity contribution in [1.29, 1.82) is 0 Å². The van der Waals surface area contributed by atoms with Gasteiger partial charge in [0.15, 0.2) is 0 Å². The van der Waals surface area contributed by atoms with Gasteiger partial charge in [-0.1, -0.05) is 6.92 Å². The Hall–Kier alpha value is -1.92. The van der Waals surface area contributed by atoms with Crippen molar-refractivity contribution in [3.05, 3.63) is 21.5 Å². The number of likely N-dealkylation sites (N-methyl/N-ethyl adjacent to an activating group) is 1. The first-order chi connectivity index (χ1) is 10.3. The summed E-state index contributed by atoms with van der Waals surface area (Å²) in [5, 5.41) is 15.1. The molecule has 1 fully saturated rings. The highest BCUT2D eigenvalue weighted by molar-refractivity contribution is 5.76. The molecular weight excluding hydrogens is 284 g/mol. The molecule has 0 aromatic carbocycles. The van der Waals surface area contributed by atoms with Crippen molar-refractivity contribution in [2.24, 2.45) is 5.92 Å². The van der Waals surface area contributed by atoms with Gasteiger partial charge < -0.3 is 4.90 Å². The van der Waals surface area contributed by atoms with E-state index < -0.39 is 4.92 Å². The molecule has 1 amide bonds. The maximum absolute atomic E-state index is 12.4. The Kier molecular flexibility index (Phi) is 4.83. The predicted octanol–water partition coefficient (Wildman–Crippen LogP) is 2.45. The van der Waals surface area contributed by atoms with Gasteiger partial charge >= 0.3 is 5.69 Å². The molecule has 0 saturated heterocycles. The minimum Gasteiger partial charge on any atom is -0.341 e. The van der Waals surface area contributed by atoms with E-state index in [4.69, 9.17) is 0 Å². The van der Waals surface area contributed by atoms with Crippen LogP contribution < -0.4 is 0 Å². The molecule has 0 aliphatic heterocycles. The molecular formula is C15H24N4O3. The van der Waals surface area contributed by atoms with Crippen LogP contribution in [-0.4, -0.2) is 38.6 Å². The van der Waals surface area contributed by atoms with Gasteiger partial charge in [-0.25, -0.2) is 0 Å². The van der Waals surface area contributed by atoms with E-state index >= 15 is 0 Å². The van der Waals surface area contributed by atoms with Crippen LogP contribution in [0.4, 0.5) is 5.69 Å². The van der Waals surface area contributed by atoms with Crippen molar-refractivity contribution >= 4 is 11.6 Å². The summed E-state index contributed by atoms with van der Waals surface area (Å²) in [6.07, 6.45) is 4.35. The molecule has 22 heavy (non-hydrogen) atoms. The number of amides is 1. The quantitative estimate of drug-likeness (QED) is 0.632. The lowest BCUT2D eigenvalue weighted by atomic mass is 9.87. The van der Waals surface area contributed by atoms with Crippen LogP contribution in [-0.2, 0) is 11.3 Å². The topological polar surface area (TPSA) is 81.3 Å². The maximum atomic E-state index is 12.4. The minimum absolute atomic E-state index is 0.00180. The van der Waals surface area contributed by atoms with Crippen molar-refractivity contribution in [2.45, 2.75) is 59.0 Å². The molecule has 7 nitrogen and oxygen atoms in total. The molecule has 1 aromatic rings. The highest BCUT2D eigenvalue weighted by Crippen LogP contribution is 2.27. The van der Waals surface area contributed by atoms with Crippen LogP contribution in [0.25, 0.3) is 0 Å². The van der Waals surface area contributed by atoms with Gasteiger partial charge in [-0.05, 0) is 45.4 Å². The Morgan fingerprint density at radius 1 is 1.36 bits per heavy atom. The van der Waals surface area contributed by atoms with Gasteiger partial charge in [0.05, 0.1) is 4.92 Å². The highest BCUT2D eigenvalue weighted by atomic mass is 16.6. The van der Waals surface area contributed by atoms with Crippen LogP contribution in [0.3, 0.4) is 0 Å². The molecule has 0 unspecified atom stereocenters. The van der Waals surface area contributed by atoms with Crippen molar-refractivity contribution < 1.29 is 9.72 Å². The smallest absolute Gasteiger partial charge is 0.312 e. The summed E-state index contributed by atoms with van der Waals surface area (Å²) < 4.78 is 1.44. The molecule has 7 heteroatoms. The summed E-state index contributed by atoms with van der Waals surface area (Å²) >= 11 is 0. The Labute approximate surface area is 130 Å². The van der Waals surface area contributed by atoms with Gasteiger partial charge in [-0.2, -0.15) is 5.10 Å². The van der Waals surface area contributed by atoms with Gasteiger partial charge in [-0.3, -0.25) is 19.6 Å². The van der Waals surface area contributed by atoms with E-state index in [0.29, 0.717) is 11.4 Å². The second-order valence-electron chi connectivity index (χ2n) is 6.35. The number of aromatic nitrogens is 2. The molecule has 0 spiro atoms. The van der Waals surface area contributed by atoms with E-state index in [9.17, 15) is 14.9 Å². The molecule has 1 aliphatic carbocycles. The fraction of sp³-hybridized carbons (Fsp3) is 0.733. The number of carbonyl (C=O) groups is 1. The van der Waals surface area contributed by atoms with E-state index in [1.807, 2.05) is 7.05 Å². The van der Waals surface area contributed by atoms with Crippen LogP contribution in [0.15, 0.2) is 0 Å². The van der Waals surface area contributed by atoms with E-state index in [1.54, 1.807) is 18.7 Å². The van der Waals surface area contributed by atoms with Crippen LogP contribution in [0.1, 0.15) is 44.0 Å². The molecule has 0 radical (unpaired) electrons. The average molecular weight is 308 g/mol. The summed E-state index contributed by atoms with van der Waals surface area (Å²) in [7, 11) is 1.82. The first kappa shape index (κ1) is 16.5. The first-order valence-corrected chi connectivity index (χ1v) is 7.75. The van der Waals surface area contributed by atoms with E-state index in [0.717, 1.165) is 31.6 Å². The number of nitro groups is 1. The zero-order valence-electron chi connectivity index (χ0n) is 13.7. The van der Waals surface area contributed by atoms with Crippen LogP contribution in [0.5, 0.6) is 0 Å². The van der Waals surface area contributed by atoms with Gasteiger partial charge in [-0.15, -0.1) is 0 Å². The van der Waals surface area contributed by atoms with Gasteiger partial charge in [0, 0.05) is 13.1 Å². The Morgan fingerprint density at radius 3 is 2.45 bits per heavy atom. The van der Waals surface area contributed by atoms with Crippen molar-refractivity contribution in [3.8, 4) is 0 Å². The number of rotatable bonds is 4. The molecule has 0 bridgehead atoms. The fourth-order valence-electron chi connectivity index (χ4n) is 3.18. The van der Waals surface area contributed by atoms with E-state index in [2.05, 4.69) is 12.0 Å². The van der Waals surface area contributed by atoms with Gasteiger partial charge in [0.25, 0.3) is 0 Å². The molecule has 1 heterocycles. The third-order valence-electron chi connectivity index (χ3n) is 4.74. The van der Waals surface area contributed by atoms with Crippen molar-refractivity contribution in [2.75, 3.05) is 7.05 Å². The summed E-state index contributed by atoms with van der Waals surface area (Å²) in [4.78, 5) is 24.8. The second-order valence-corrected chi connectivity index (χ2v) is 6.35. The third-order valence-corrected chi connectivity index (χ3v) is 4.74. The average Bonchev–Trinajstić information content (AvgIpc) is 2.73. The lowest BCUT2D eigenvalue weighted by molar-refractivity contribution is -0.386. The van der Waals surface area contributed by atoms with Gasteiger partial charge in [0.2, 0.25) is 5.91 Å². The maximum Gasteiger partial charge on any atom is 0.312 e. The summed E-state index contributed by atoms with van der Waals surface area (Å²) in [6.45, 7) is 5.53. The molecule has 0 atom stereocenters. The van der Waals surface area contributed by atoms with E-state index in [1.165, 1.54) is 4.68 Å². The molecule has 2 rings (SSSR count). The number of nitrogens with zero attached hydrogens (tertiary/aromatic N) is 4. The molecule has 122 valence electrons. The zero-order valence-corrected chi connectivity index (χ0v) is 13.7. The standard InChI is InChI=1S/C15H24N4O3/c1-10-5-7-13(8-6-10)17(4)14(20)9-18-12(3)15(19(21)22)11(2)16-18/h10,13H,5-9H2,1-4H3. The van der Waals surface area contributed by atoms with Crippen molar-refractivity contribution in [1.82, 2.24) is 14.7 Å².